The summed E-state index contributed by atoms with van der Waals surface area (Å²) >= 11 is 0. The van der Waals surface area contributed by atoms with Crippen LogP contribution in [0.25, 0.3) is 0 Å². The molecule has 0 N–H and O–H groups in total. The molecule has 1 nitrogen and oxygen atoms in total. The van der Waals surface area contributed by atoms with E-state index in [0.717, 1.165) is 6.07 Å². The van der Waals surface area contributed by atoms with Gasteiger partial charge in [-0.2, -0.15) is 13.2 Å². The lowest BCUT2D eigenvalue weighted by atomic mass is 9.95. The van der Waals surface area contributed by atoms with Crippen LogP contribution in [0.15, 0.2) is 18.2 Å². The van der Waals surface area contributed by atoms with Crippen molar-refractivity contribution in [1.82, 2.24) is 0 Å². The van der Waals surface area contributed by atoms with Crippen molar-refractivity contribution < 1.29 is 22.4 Å². The molecule has 0 heterocycles. The average molecular weight is 246 g/mol. The van der Waals surface area contributed by atoms with E-state index in [0.29, 0.717) is 25.0 Å². The molecule has 0 aromatic heterocycles. The number of benzene rings is 1. The number of carbonyl (C=O) groups excluding carboxylic acids is 1. The lowest BCUT2D eigenvalue weighted by Gasteiger charge is -2.11. The predicted octanol–water partition coefficient (Wildman–Crippen LogP) is 3.83. The van der Waals surface area contributed by atoms with Crippen LogP contribution in [0.2, 0.25) is 0 Å². The number of rotatable bonds is 2. The van der Waals surface area contributed by atoms with Crippen LogP contribution < -0.4 is 0 Å². The van der Waals surface area contributed by atoms with Gasteiger partial charge in [-0.3, -0.25) is 4.79 Å². The van der Waals surface area contributed by atoms with Gasteiger partial charge in [0.15, 0.2) is 5.78 Å². The molecule has 5 heteroatoms. The summed E-state index contributed by atoms with van der Waals surface area (Å²) in [6, 6.07) is 2.40. The molecule has 0 atom stereocenters. The van der Waals surface area contributed by atoms with Gasteiger partial charge in [0.25, 0.3) is 0 Å². The highest BCUT2D eigenvalue weighted by Gasteiger charge is 2.45. The number of alkyl halides is 3. The zero-order valence-electron chi connectivity index (χ0n) is 9.07. The van der Waals surface area contributed by atoms with Crippen molar-refractivity contribution in [3.63, 3.8) is 0 Å². The summed E-state index contributed by atoms with van der Waals surface area (Å²) in [5, 5.41) is 0. The Kier molecular flexibility index (Phi) is 2.52. The SMILES string of the molecule is CC1(C(=O)c2ccc(F)c(C(F)(F)F)c2)CC1. The molecule has 0 unspecified atom stereocenters. The van der Waals surface area contributed by atoms with Gasteiger partial charge in [-0.05, 0) is 31.0 Å². The first kappa shape index (κ1) is 12.1. The van der Waals surface area contributed by atoms with Crippen molar-refractivity contribution in [3.8, 4) is 0 Å². The largest absolute Gasteiger partial charge is 0.419 e. The molecule has 0 aliphatic heterocycles. The molecule has 1 aromatic carbocycles. The zero-order chi connectivity index (χ0) is 12.8. The van der Waals surface area contributed by atoms with Crippen molar-refractivity contribution in [1.29, 1.82) is 0 Å². The van der Waals surface area contributed by atoms with Gasteiger partial charge in [-0.1, -0.05) is 6.92 Å². The van der Waals surface area contributed by atoms with E-state index in [9.17, 15) is 22.4 Å². The minimum absolute atomic E-state index is 0.0706. The summed E-state index contributed by atoms with van der Waals surface area (Å²) in [5.41, 5.74) is -2.01. The zero-order valence-corrected chi connectivity index (χ0v) is 9.07. The molecule has 1 aromatic rings. The standard InChI is InChI=1S/C12H10F4O/c1-11(4-5-11)10(17)7-2-3-9(13)8(6-7)12(14,15)16/h2-3,6H,4-5H2,1H3. The Bertz CT molecular complexity index is 472. The van der Waals surface area contributed by atoms with Crippen LogP contribution >= 0.6 is 0 Å². The van der Waals surface area contributed by atoms with E-state index < -0.39 is 23.0 Å². The molecule has 1 saturated carbocycles. The molecule has 0 bridgehead atoms. The fourth-order valence-electron chi connectivity index (χ4n) is 1.65. The summed E-state index contributed by atoms with van der Waals surface area (Å²) in [6.07, 6.45) is -3.43. The van der Waals surface area contributed by atoms with Gasteiger partial charge < -0.3 is 0 Å². The van der Waals surface area contributed by atoms with Crippen LogP contribution in [-0.4, -0.2) is 5.78 Å². The van der Waals surface area contributed by atoms with Crippen LogP contribution in [0.1, 0.15) is 35.7 Å². The molecule has 92 valence electrons. The Labute approximate surface area is 95.4 Å². The number of halogens is 4. The average Bonchev–Trinajstić information content (AvgIpc) is 2.96. The van der Waals surface area contributed by atoms with Gasteiger partial charge in [0, 0.05) is 11.0 Å². The first-order valence-electron chi connectivity index (χ1n) is 5.16. The molecule has 17 heavy (non-hydrogen) atoms. The summed E-state index contributed by atoms with van der Waals surface area (Å²) in [5.74, 6) is -1.70. The maximum absolute atomic E-state index is 13.0. The minimum Gasteiger partial charge on any atom is -0.294 e. The van der Waals surface area contributed by atoms with Gasteiger partial charge in [-0.15, -0.1) is 0 Å². The first-order chi connectivity index (χ1) is 7.74. The summed E-state index contributed by atoms with van der Waals surface area (Å²) in [7, 11) is 0. The topological polar surface area (TPSA) is 17.1 Å². The highest BCUT2D eigenvalue weighted by atomic mass is 19.4. The maximum Gasteiger partial charge on any atom is 0.419 e. The van der Waals surface area contributed by atoms with E-state index in [2.05, 4.69) is 0 Å². The molecule has 0 spiro atoms. The summed E-state index contributed by atoms with van der Waals surface area (Å²) in [6.45, 7) is 1.70. The third-order valence-electron chi connectivity index (χ3n) is 3.08. The molecule has 2 rings (SSSR count). The van der Waals surface area contributed by atoms with Crippen molar-refractivity contribution in [2.75, 3.05) is 0 Å². The van der Waals surface area contributed by atoms with E-state index in [1.165, 1.54) is 0 Å². The number of carbonyl (C=O) groups is 1. The Morgan fingerprint density at radius 2 is 1.88 bits per heavy atom. The minimum atomic E-state index is -4.77. The highest BCUT2D eigenvalue weighted by molar-refractivity contribution is 6.02. The van der Waals surface area contributed by atoms with Crippen LogP contribution in [-0.2, 0) is 6.18 Å². The molecule has 1 fully saturated rings. The second-order valence-electron chi connectivity index (χ2n) is 4.58. The van der Waals surface area contributed by atoms with Crippen LogP contribution in [0.3, 0.4) is 0 Å². The van der Waals surface area contributed by atoms with Gasteiger partial charge in [0.05, 0.1) is 5.56 Å². The van der Waals surface area contributed by atoms with E-state index in [1.54, 1.807) is 6.92 Å². The maximum atomic E-state index is 13.0. The second-order valence-corrected chi connectivity index (χ2v) is 4.58. The van der Waals surface area contributed by atoms with Crippen molar-refractivity contribution in [2.24, 2.45) is 5.41 Å². The van der Waals surface area contributed by atoms with Crippen molar-refractivity contribution in [2.45, 2.75) is 25.9 Å². The van der Waals surface area contributed by atoms with Crippen molar-refractivity contribution >= 4 is 5.78 Å². The smallest absolute Gasteiger partial charge is 0.294 e. The number of ketones is 1. The van der Waals surface area contributed by atoms with E-state index in [4.69, 9.17) is 0 Å². The Morgan fingerprint density at radius 3 is 2.35 bits per heavy atom. The fraction of sp³-hybridized carbons (Fsp3) is 0.417. The lowest BCUT2D eigenvalue weighted by Crippen LogP contribution is -2.15. The Balaban J connectivity index is 2.41. The summed E-state index contributed by atoms with van der Waals surface area (Å²) < 4.78 is 50.4. The van der Waals surface area contributed by atoms with E-state index in [1.807, 2.05) is 0 Å². The van der Waals surface area contributed by atoms with Gasteiger partial charge in [0.1, 0.15) is 5.82 Å². The van der Waals surface area contributed by atoms with Crippen molar-refractivity contribution in [3.05, 3.63) is 35.1 Å². The van der Waals surface area contributed by atoms with Crippen LogP contribution in [0.4, 0.5) is 17.6 Å². The molecular weight excluding hydrogens is 236 g/mol. The van der Waals surface area contributed by atoms with Gasteiger partial charge in [0.2, 0.25) is 0 Å². The van der Waals surface area contributed by atoms with Gasteiger partial charge >= 0.3 is 6.18 Å². The highest BCUT2D eigenvalue weighted by Crippen LogP contribution is 2.47. The quantitative estimate of drug-likeness (QED) is 0.572. The molecule has 0 saturated heterocycles. The molecule has 1 aliphatic carbocycles. The lowest BCUT2D eigenvalue weighted by molar-refractivity contribution is -0.140. The number of Topliss-reactive ketones (excluding diaryl/α,β-unsaturated/α-hetero) is 1. The molecule has 0 radical (unpaired) electrons. The fourth-order valence-corrected chi connectivity index (χ4v) is 1.65. The third kappa shape index (κ3) is 2.18. The van der Waals surface area contributed by atoms with Crippen LogP contribution in [0.5, 0.6) is 0 Å². The normalized spacial score (nSPS) is 17.9. The second kappa shape index (κ2) is 3.55. The number of hydrogen-bond donors (Lipinski definition) is 0. The Hall–Kier alpha value is -1.39. The van der Waals surface area contributed by atoms with Crippen LogP contribution in [0, 0.1) is 11.2 Å². The van der Waals surface area contributed by atoms with E-state index in [-0.39, 0.29) is 11.3 Å². The predicted molar refractivity (Wildman–Crippen MR) is 53.1 cm³/mol. The molecule has 0 amide bonds. The van der Waals surface area contributed by atoms with Gasteiger partial charge in [-0.25, -0.2) is 4.39 Å². The summed E-state index contributed by atoms with van der Waals surface area (Å²) in [4.78, 5) is 11.8. The Morgan fingerprint density at radius 1 is 1.29 bits per heavy atom. The van der Waals surface area contributed by atoms with E-state index >= 15 is 0 Å². The monoisotopic (exact) mass is 246 g/mol. The third-order valence-corrected chi connectivity index (χ3v) is 3.08. The number of hydrogen-bond acceptors (Lipinski definition) is 1. The molecular formula is C12H10F4O. The molecule has 1 aliphatic rings. The first-order valence-corrected chi connectivity index (χ1v) is 5.16.